The fourth-order valence-corrected chi connectivity index (χ4v) is 3.19. The van der Waals surface area contributed by atoms with Crippen molar-refractivity contribution in [1.29, 1.82) is 0 Å². The van der Waals surface area contributed by atoms with Gasteiger partial charge in [-0.1, -0.05) is 6.42 Å². The lowest BCUT2D eigenvalue weighted by Gasteiger charge is -2.35. The van der Waals surface area contributed by atoms with Crippen LogP contribution in [0.25, 0.3) is 0 Å². The molecule has 0 bridgehead atoms. The smallest absolute Gasteiger partial charge is 0.156 e. The van der Waals surface area contributed by atoms with E-state index in [4.69, 9.17) is 0 Å². The van der Waals surface area contributed by atoms with Crippen LogP contribution in [0.4, 0.5) is 0 Å². The van der Waals surface area contributed by atoms with Gasteiger partial charge < -0.3 is 5.11 Å². The standard InChI is InChI=1S/C12H25NO3S/c1-12(2,3)17(15,16)9-8-13-7-5-4-6-11(13)10-14/h11,14H,4-10H2,1-3H3. The molecule has 1 fully saturated rings. The van der Waals surface area contributed by atoms with E-state index in [1.807, 2.05) is 0 Å². The summed E-state index contributed by atoms with van der Waals surface area (Å²) in [6, 6.07) is 0.152. The molecular weight excluding hydrogens is 238 g/mol. The number of aliphatic hydroxyl groups excluding tert-OH is 1. The maximum absolute atomic E-state index is 12.0. The number of hydrogen-bond acceptors (Lipinski definition) is 4. The molecule has 1 aliphatic heterocycles. The highest BCUT2D eigenvalue weighted by Gasteiger charge is 2.30. The molecule has 0 spiro atoms. The molecule has 17 heavy (non-hydrogen) atoms. The zero-order valence-corrected chi connectivity index (χ0v) is 12.0. The number of rotatable bonds is 4. The van der Waals surface area contributed by atoms with Gasteiger partial charge in [-0.15, -0.1) is 0 Å². The first kappa shape index (κ1) is 14.9. The first-order valence-electron chi connectivity index (χ1n) is 6.35. The predicted molar refractivity (Wildman–Crippen MR) is 69.8 cm³/mol. The Morgan fingerprint density at radius 2 is 1.94 bits per heavy atom. The van der Waals surface area contributed by atoms with Crippen LogP contribution in [-0.2, 0) is 9.84 Å². The van der Waals surface area contributed by atoms with Crippen LogP contribution >= 0.6 is 0 Å². The van der Waals surface area contributed by atoms with Crippen LogP contribution in [0.2, 0.25) is 0 Å². The van der Waals surface area contributed by atoms with Crippen LogP contribution in [0.3, 0.4) is 0 Å². The van der Waals surface area contributed by atoms with Crippen molar-refractivity contribution < 1.29 is 13.5 Å². The average Bonchev–Trinajstić information content (AvgIpc) is 2.25. The van der Waals surface area contributed by atoms with Crippen molar-refractivity contribution in [2.24, 2.45) is 0 Å². The third-order valence-corrected chi connectivity index (χ3v) is 6.13. The molecular formula is C12H25NO3S. The van der Waals surface area contributed by atoms with Gasteiger partial charge in [0.1, 0.15) is 0 Å². The van der Waals surface area contributed by atoms with Gasteiger partial charge in [-0.05, 0) is 40.2 Å². The number of hydrogen-bond donors (Lipinski definition) is 1. The molecule has 5 heteroatoms. The highest BCUT2D eigenvalue weighted by atomic mass is 32.2. The van der Waals surface area contributed by atoms with Crippen molar-refractivity contribution >= 4 is 9.84 Å². The molecule has 0 aromatic heterocycles. The monoisotopic (exact) mass is 263 g/mol. The topological polar surface area (TPSA) is 57.6 Å². The number of aliphatic hydroxyl groups is 1. The first-order valence-corrected chi connectivity index (χ1v) is 8.00. The molecule has 102 valence electrons. The lowest BCUT2D eigenvalue weighted by atomic mass is 10.0. The Morgan fingerprint density at radius 1 is 1.29 bits per heavy atom. The largest absolute Gasteiger partial charge is 0.395 e. The molecule has 0 amide bonds. The van der Waals surface area contributed by atoms with E-state index in [-0.39, 0.29) is 18.4 Å². The second kappa shape index (κ2) is 5.67. The molecule has 0 aliphatic carbocycles. The number of nitrogens with zero attached hydrogens (tertiary/aromatic N) is 1. The lowest BCUT2D eigenvalue weighted by molar-refractivity contribution is 0.0958. The summed E-state index contributed by atoms with van der Waals surface area (Å²) in [5, 5.41) is 9.26. The normalized spacial score (nSPS) is 23.9. The van der Waals surface area contributed by atoms with Crippen LogP contribution in [-0.4, -0.2) is 54.7 Å². The zero-order chi connectivity index (χ0) is 13.1. The van der Waals surface area contributed by atoms with E-state index in [2.05, 4.69) is 4.90 Å². The quantitative estimate of drug-likeness (QED) is 0.823. The van der Waals surface area contributed by atoms with E-state index in [9.17, 15) is 13.5 Å². The minimum atomic E-state index is -3.05. The molecule has 1 rings (SSSR count). The summed E-state index contributed by atoms with van der Waals surface area (Å²) < 4.78 is 23.3. The summed E-state index contributed by atoms with van der Waals surface area (Å²) >= 11 is 0. The second-order valence-electron chi connectivity index (χ2n) is 5.80. The average molecular weight is 263 g/mol. The van der Waals surface area contributed by atoms with Crippen molar-refractivity contribution in [2.45, 2.75) is 50.8 Å². The molecule has 1 N–H and O–H groups in total. The molecule has 0 saturated carbocycles. The van der Waals surface area contributed by atoms with E-state index in [0.29, 0.717) is 6.54 Å². The molecule has 0 radical (unpaired) electrons. The predicted octanol–water partition coefficient (Wildman–Crippen LogP) is 1.05. The molecule has 4 nitrogen and oxygen atoms in total. The number of likely N-dealkylation sites (tertiary alicyclic amines) is 1. The van der Waals surface area contributed by atoms with Crippen LogP contribution in [0.5, 0.6) is 0 Å². The van der Waals surface area contributed by atoms with Crippen LogP contribution in [0, 0.1) is 0 Å². The van der Waals surface area contributed by atoms with Gasteiger partial charge in [-0.3, -0.25) is 4.90 Å². The Labute approximate surface area is 105 Å². The summed E-state index contributed by atoms with van der Waals surface area (Å²) in [5.41, 5.74) is 0. The molecule has 1 atom stereocenters. The summed E-state index contributed by atoms with van der Waals surface area (Å²) in [4.78, 5) is 2.12. The van der Waals surface area contributed by atoms with Crippen molar-refractivity contribution in [1.82, 2.24) is 4.90 Å². The van der Waals surface area contributed by atoms with Gasteiger partial charge in [0.25, 0.3) is 0 Å². The molecule has 0 aromatic carbocycles. The van der Waals surface area contributed by atoms with E-state index in [1.54, 1.807) is 20.8 Å². The van der Waals surface area contributed by atoms with Crippen molar-refractivity contribution in [3.8, 4) is 0 Å². The molecule has 1 saturated heterocycles. The molecule has 1 aliphatic rings. The van der Waals surface area contributed by atoms with Gasteiger partial charge in [-0.25, -0.2) is 8.42 Å². The molecule has 1 unspecified atom stereocenters. The Hall–Kier alpha value is -0.130. The third kappa shape index (κ3) is 3.93. The highest BCUT2D eigenvalue weighted by Crippen LogP contribution is 2.19. The molecule has 1 heterocycles. The Kier molecular flexibility index (Phi) is 4.98. The van der Waals surface area contributed by atoms with Gasteiger partial charge >= 0.3 is 0 Å². The Morgan fingerprint density at radius 3 is 2.47 bits per heavy atom. The first-order chi connectivity index (χ1) is 7.78. The second-order valence-corrected chi connectivity index (χ2v) is 8.66. The Bertz CT molecular complexity index is 332. The van der Waals surface area contributed by atoms with Gasteiger partial charge in [-0.2, -0.15) is 0 Å². The van der Waals surface area contributed by atoms with Gasteiger partial charge in [0.15, 0.2) is 9.84 Å². The lowest BCUT2D eigenvalue weighted by Crippen LogP contribution is -2.45. The molecule has 0 aromatic rings. The maximum atomic E-state index is 12.0. The maximum Gasteiger partial charge on any atom is 0.156 e. The van der Waals surface area contributed by atoms with Crippen molar-refractivity contribution in [3.63, 3.8) is 0 Å². The number of sulfone groups is 1. The van der Waals surface area contributed by atoms with Crippen molar-refractivity contribution in [2.75, 3.05) is 25.4 Å². The minimum Gasteiger partial charge on any atom is -0.395 e. The van der Waals surface area contributed by atoms with Crippen LogP contribution in [0.1, 0.15) is 40.0 Å². The SMILES string of the molecule is CC(C)(C)S(=O)(=O)CCN1CCCCC1CO. The van der Waals surface area contributed by atoms with E-state index in [0.717, 1.165) is 25.8 Å². The summed E-state index contributed by atoms with van der Waals surface area (Å²) in [7, 11) is -3.05. The minimum absolute atomic E-state index is 0.134. The van der Waals surface area contributed by atoms with E-state index < -0.39 is 14.6 Å². The third-order valence-electron chi connectivity index (χ3n) is 3.54. The van der Waals surface area contributed by atoms with Crippen LogP contribution < -0.4 is 0 Å². The summed E-state index contributed by atoms with van der Waals surface area (Å²) in [5.74, 6) is 0.188. The fourth-order valence-electron chi connectivity index (χ4n) is 2.10. The fraction of sp³-hybridized carbons (Fsp3) is 1.00. The van der Waals surface area contributed by atoms with E-state index in [1.165, 1.54) is 0 Å². The van der Waals surface area contributed by atoms with E-state index >= 15 is 0 Å². The van der Waals surface area contributed by atoms with Gasteiger partial charge in [0.05, 0.1) is 17.1 Å². The van der Waals surface area contributed by atoms with Crippen LogP contribution in [0.15, 0.2) is 0 Å². The van der Waals surface area contributed by atoms with Gasteiger partial charge in [0.2, 0.25) is 0 Å². The van der Waals surface area contributed by atoms with Gasteiger partial charge in [0, 0.05) is 12.6 Å². The Balaban J connectivity index is 2.55. The zero-order valence-electron chi connectivity index (χ0n) is 11.1. The van der Waals surface area contributed by atoms with Crippen molar-refractivity contribution in [3.05, 3.63) is 0 Å². The highest BCUT2D eigenvalue weighted by molar-refractivity contribution is 7.92. The number of piperidine rings is 1. The summed E-state index contributed by atoms with van der Waals surface area (Å²) in [6.45, 7) is 6.80. The summed E-state index contributed by atoms with van der Waals surface area (Å²) in [6.07, 6.45) is 3.21.